The molecule has 1 aliphatic heterocycles. The van der Waals surface area contributed by atoms with E-state index in [-0.39, 0.29) is 11.1 Å². The van der Waals surface area contributed by atoms with Gasteiger partial charge in [-0.05, 0) is 28.3 Å². The third-order valence-corrected chi connectivity index (χ3v) is 11.4. The molecular formula is C26H36O4Si. The van der Waals surface area contributed by atoms with E-state index in [0.29, 0.717) is 19.4 Å². The number of hydrogen-bond acceptors (Lipinski definition) is 4. The van der Waals surface area contributed by atoms with Crippen molar-refractivity contribution in [3.05, 3.63) is 60.7 Å². The van der Waals surface area contributed by atoms with Gasteiger partial charge in [0.2, 0.25) is 0 Å². The van der Waals surface area contributed by atoms with Gasteiger partial charge in [0, 0.05) is 26.4 Å². The van der Waals surface area contributed by atoms with Crippen molar-refractivity contribution in [3.8, 4) is 0 Å². The standard InChI is InChI=1S/C26H36O4Si/c1-25(2,3)31(23-14-7-5-8-15-23,24-16-9-6-10-17-24)29-21-22-13-11-18-26(28-4,30-22)19-12-20-27/h5-10,14-17,20,22H,11-13,18-19,21H2,1-4H3/t22-,26+/m0/s1. The number of rotatable bonds is 9. The highest BCUT2D eigenvalue weighted by Crippen LogP contribution is 2.38. The summed E-state index contributed by atoms with van der Waals surface area (Å²) in [4.78, 5) is 10.9. The van der Waals surface area contributed by atoms with E-state index in [1.807, 2.05) is 0 Å². The van der Waals surface area contributed by atoms with Gasteiger partial charge in [0.15, 0.2) is 5.79 Å². The van der Waals surface area contributed by atoms with Crippen LogP contribution in [0.1, 0.15) is 52.9 Å². The molecule has 0 bridgehead atoms. The SMILES string of the molecule is CO[C@]1(CCC=O)CCC[C@@H](CO[Si](c2ccccc2)(c2ccccc2)C(C)(C)C)O1. The second-order valence-electron chi connectivity index (χ2n) is 9.43. The zero-order valence-electron chi connectivity index (χ0n) is 19.3. The number of methoxy groups -OCH3 is 1. The van der Waals surface area contributed by atoms with Crippen LogP contribution in [0.15, 0.2) is 60.7 Å². The van der Waals surface area contributed by atoms with Crippen LogP contribution in [0.4, 0.5) is 0 Å². The molecular weight excluding hydrogens is 404 g/mol. The fraction of sp³-hybridized carbons (Fsp3) is 0.500. The molecule has 0 aromatic heterocycles. The number of aldehydes is 1. The Morgan fingerprint density at radius 2 is 1.65 bits per heavy atom. The molecule has 0 saturated carbocycles. The molecule has 0 amide bonds. The van der Waals surface area contributed by atoms with Crippen LogP contribution in [0, 0.1) is 0 Å². The van der Waals surface area contributed by atoms with Gasteiger partial charge in [-0.3, -0.25) is 0 Å². The molecule has 4 nitrogen and oxygen atoms in total. The summed E-state index contributed by atoms with van der Waals surface area (Å²) >= 11 is 0. The molecule has 3 rings (SSSR count). The number of carbonyl (C=O) groups excluding carboxylic acids is 1. The van der Waals surface area contributed by atoms with Crippen LogP contribution in [-0.4, -0.2) is 40.2 Å². The van der Waals surface area contributed by atoms with Crippen LogP contribution in [-0.2, 0) is 18.7 Å². The Bertz CT molecular complexity index is 779. The van der Waals surface area contributed by atoms with Gasteiger partial charge in [0.1, 0.15) is 6.29 Å². The Balaban J connectivity index is 1.92. The normalized spacial score (nSPS) is 22.3. The summed E-state index contributed by atoms with van der Waals surface area (Å²) in [6, 6.07) is 21.3. The third kappa shape index (κ3) is 5.17. The summed E-state index contributed by atoms with van der Waals surface area (Å²) in [5, 5.41) is 2.46. The van der Waals surface area contributed by atoms with Crippen LogP contribution < -0.4 is 10.4 Å². The smallest absolute Gasteiger partial charge is 0.261 e. The summed E-state index contributed by atoms with van der Waals surface area (Å²) in [5.41, 5.74) is 0. The average molecular weight is 441 g/mol. The van der Waals surface area contributed by atoms with Crippen molar-refractivity contribution in [2.75, 3.05) is 13.7 Å². The predicted octanol–water partition coefficient (Wildman–Crippen LogP) is 4.45. The molecule has 0 spiro atoms. The monoisotopic (exact) mass is 440 g/mol. The highest BCUT2D eigenvalue weighted by Gasteiger charge is 2.51. The van der Waals surface area contributed by atoms with E-state index in [9.17, 15) is 4.79 Å². The van der Waals surface area contributed by atoms with E-state index < -0.39 is 14.1 Å². The second-order valence-corrected chi connectivity index (χ2v) is 13.7. The Labute approximate surface area is 188 Å². The zero-order chi connectivity index (χ0) is 22.4. The molecule has 1 fully saturated rings. The van der Waals surface area contributed by atoms with Crippen molar-refractivity contribution in [1.29, 1.82) is 0 Å². The summed E-state index contributed by atoms with van der Waals surface area (Å²) in [5.74, 6) is -0.682. The zero-order valence-corrected chi connectivity index (χ0v) is 20.3. The second kappa shape index (κ2) is 10.2. The van der Waals surface area contributed by atoms with E-state index in [4.69, 9.17) is 13.9 Å². The maximum absolute atomic E-state index is 10.9. The first-order valence-electron chi connectivity index (χ1n) is 11.3. The highest BCUT2D eigenvalue weighted by molar-refractivity contribution is 6.99. The predicted molar refractivity (Wildman–Crippen MR) is 127 cm³/mol. The molecule has 0 radical (unpaired) electrons. The Morgan fingerprint density at radius 3 is 2.13 bits per heavy atom. The Hall–Kier alpha value is -1.79. The molecule has 168 valence electrons. The van der Waals surface area contributed by atoms with Crippen LogP contribution in [0.3, 0.4) is 0 Å². The van der Waals surface area contributed by atoms with Gasteiger partial charge in [-0.15, -0.1) is 0 Å². The van der Waals surface area contributed by atoms with Gasteiger partial charge in [0.25, 0.3) is 8.32 Å². The number of hydrogen-bond donors (Lipinski definition) is 0. The number of carbonyl (C=O) groups is 1. The topological polar surface area (TPSA) is 44.8 Å². The first-order chi connectivity index (χ1) is 14.9. The van der Waals surface area contributed by atoms with Crippen LogP contribution in [0.2, 0.25) is 5.04 Å². The summed E-state index contributed by atoms with van der Waals surface area (Å²) in [6.07, 6.45) is 4.66. The Kier molecular flexibility index (Phi) is 7.86. The van der Waals surface area contributed by atoms with Gasteiger partial charge >= 0.3 is 0 Å². The average Bonchev–Trinajstić information content (AvgIpc) is 2.79. The molecule has 31 heavy (non-hydrogen) atoms. The molecule has 1 saturated heterocycles. The summed E-state index contributed by atoms with van der Waals surface area (Å²) < 4.78 is 19.2. The first kappa shape index (κ1) is 23.9. The molecule has 0 unspecified atom stereocenters. The minimum absolute atomic E-state index is 0.0537. The maximum Gasteiger partial charge on any atom is 0.261 e. The lowest BCUT2D eigenvalue weighted by atomic mass is 9.97. The molecule has 2 aromatic rings. The van der Waals surface area contributed by atoms with Crippen LogP contribution in [0.5, 0.6) is 0 Å². The molecule has 2 atom stereocenters. The van der Waals surface area contributed by atoms with Crippen molar-refractivity contribution < 1.29 is 18.7 Å². The molecule has 0 N–H and O–H groups in total. The largest absolute Gasteiger partial charge is 0.405 e. The molecule has 0 aliphatic carbocycles. The first-order valence-corrected chi connectivity index (χ1v) is 13.2. The minimum Gasteiger partial charge on any atom is -0.405 e. The number of benzene rings is 2. The fourth-order valence-electron chi connectivity index (χ4n) is 4.83. The molecule has 1 heterocycles. The minimum atomic E-state index is -2.59. The van der Waals surface area contributed by atoms with Gasteiger partial charge in [0.05, 0.1) is 12.7 Å². The molecule has 5 heteroatoms. The maximum atomic E-state index is 10.9. The lowest BCUT2D eigenvalue weighted by Gasteiger charge is -2.45. The van der Waals surface area contributed by atoms with E-state index in [2.05, 4.69) is 81.4 Å². The lowest BCUT2D eigenvalue weighted by molar-refractivity contribution is -0.275. The van der Waals surface area contributed by atoms with Crippen molar-refractivity contribution >= 4 is 25.0 Å². The third-order valence-electron chi connectivity index (χ3n) is 6.38. The van der Waals surface area contributed by atoms with Gasteiger partial charge in [-0.2, -0.15) is 0 Å². The van der Waals surface area contributed by atoms with Gasteiger partial charge in [-0.1, -0.05) is 81.4 Å². The summed E-state index contributed by atoms with van der Waals surface area (Å²) in [7, 11) is -0.915. The molecule has 1 aliphatic rings. The lowest BCUT2D eigenvalue weighted by Crippen LogP contribution is -2.67. The van der Waals surface area contributed by atoms with Gasteiger partial charge in [-0.25, -0.2) is 0 Å². The quantitative estimate of drug-likeness (QED) is 0.427. The van der Waals surface area contributed by atoms with Crippen LogP contribution in [0.25, 0.3) is 0 Å². The van der Waals surface area contributed by atoms with E-state index in [0.717, 1.165) is 25.5 Å². The summed E-state index contributed by atoms with van der Waals surface area (Å²) in [6.45, 7) is 7.36. The Morgan fingerprint density at radius 1 is 1.06 bits per heavy atom. The number of ether oxygens (including phenoxy) is 2. The van der Waals surface area contributed by atoms with Crippen molar-refractivity contribution in [1.82, 2.24) is 0 Å². The van der Waals surface area contributed by atoms with E-state index in [1.54, 1.807) is 7.11 Å². The highest BCUT2D eigenvalue weighted by atomic mass is 28.4. The molecule has 2 aromatic carbocycles. The van der Waals surface area contributed by atoms with E-state index in [1.165, 1.54) is 10.4 Å². The van der Waals surface area contributed by atoms with Crippen LogP contribution >= 0.6 is 0 Å². The van der Waals surface area contributed by atoms with Gasteiger partial charge < -0.3 is 18.7 Å². The fourth-order valence-corrected chi connectivity index (χ4v) is 9.42. The van der Waals surface area contributed by atoms with E-state index >= 15 is 0 Å². The van der Waals surface area contributed by atoms with Crippen molar-refractivity contribution in [3.63, 3.8) is 0 Å². The van der Waals surface area contributed by atoms with Crippen molar-refractivity contribution in [2.45, 2.75) is 69.8 Å². The van der Waals surface area contributed by atoms with Crippen molar-refractivity contribution in [2.24, 2.45) is 0 Å².